The zero-order chi connectivity index (χ0) is 15.6. The van der Waals surface area contributed by atoms with Crippen molar-refractivity contribution < 1.29 is 14.3 Å². The van der Waals surface area contributed by atoms with Crippen LogP contribution in [0.15, 0.2) is 24.3 Å². The second-order valence-corrected chi connectivity index (χ2v) is 6.08. The molecule has 1 aliphatic carbocycles. The van der Waals surface area contributed by atoms with Gasteiger partial charge in [-0.2, -0.15) is 0 Å². The molecule has 118 valence electrons. The molecular weight excluding hydrogens is 280 g/mol. The van der Waals surface area contributed by atoms with Crippen LogP contribution in [0.4, 0.5) is 0 Å². The van der Waals surface area contributed by atoms with E-state index < -0.39 is 5.41 Å². The third kappa shape index (κ3) is 2.67. The molecule has 1 saturated heterocycles. The van der Waals surface area contributed by atoms with E-state index in [1.807, 2.05) is 29.2 Å². The van der Waals surface area contributed by atoms with Gasteiger partial charge in [-0.1, -0.05) is 18.2 Å². The number of carbonyl (C=O) groups excluding carboxylic acids is 2. The molecule has 0 radical (unpaired) electrons. The fourth-order valence-electron chi connectivity index (χ4n) is 3.08. The molecule has 1 heterocycles. The molecule has 3 rings (SSSR count). The lowest BCUT2D eigenvalue weighted by molar-refractivity contribution is -0.143. The summed E-state index contributed by atoms with van der Waals surface area (Å²) in [5.74, 6) is 0.622. The van der Waals surface area contributed by atoms with Gasteiger partial charge in [0.2, 0.25) is 11.8 Å². The smallest absolute Gasteiger partial charge is 0.238 e. The van der Waals surface area contributed by atoms with E-state index in [2.05, 4.69) is 5.32 Å². The van der Waals surface area contributed by atoms with Crippen molar-refractivity contribution in [3.63, 3.8) is 0 Å². The van der Waals surface area contributed by atoms with E-state index in [4.69, 9.17) is 4.74 Å². The summed E-state index contributed by atoms with van der Waals surface area (Å²) in [4.78, 5) is 26.9. The molecule has 5 heteroatoms. The molecule has 0 atom stereocenters. The van der Waals surface area contributed by atoms with Crippen LogP contribution >= 0.6 is 0 Å². The minimum Gasteiger partial charge on any atom is -0.496 e. The number of nitrogens with zero attached hydrogens (tertiary/aromatic N) is 1. The highest BCUT2D eigenvalue weighted by Gasteiger charge is 2.58. The standard InChI is InChI=1S/C17H22N2O3/c1-22-14-7-3-2-6-13(14)12-18-15(20)17(8-9-17)16(21)19-10-4-5-11-19/h2-3,6-7H,4-5,8-12H2,1H3,(H,18,20). The molecule has 1 aromatic carbocycles. The molecule has 2 amide bonds. The number of carbonyl (C=O) groups is 2. The van der Waals surface area contributed by atoms with Crippen molar-refractivity contribution in [3.05, 3.63) is 29.8 Å². The van der Waals surface area contributed by atoms with Gasteiger partial charge in [0.25, 0.3) is 0 Å². The monoisotopic (exact) mass is 302 g/mol. The van der Waals surface area contributed by atoms with Crippen LogP contribution in [0, 0.1) is 5.41 Å². The molecule has 0 aromatic heterocycles. The predicted molar refractivity (Wildman–Crippen MR) is 82.3 cm³/mol. The highest BCUT2D eigenvalue weighted by molar-refractivity contribution is 6.07. The maximum absolute atomic E-state index is 12.5. The van der Waals surface area contributed by atoms with Crippen LogP contribution in [-0.2, 0) is 16.1 Å². The summed E-state index contributed by atoms with van der Waals surface area (Å²) in [5.41, 5.74) is 0.120. The molecule has 0 bridgehead atoms. The highest BCUT2D eigenvalue weighted by atomic mass is 16.5. The van der Waals surface area contributed by atoms with Gasteiger partial charge in [0, 0.05) is 25.2 Å². The first kappa shape index (κ1) is 14.9. The van der Waals surface area contributed by atoms with Crippen LogP contribution < -0.4 is 10.1 Å². The summed E-state index contributed by atoms with van der Waals surface area (Å²) in [5, 5.41) is 2.91. The number of amides is 2. The summed E-state index contributed by atoms with van der Waals surface area (Å²) >= 11 is 0. The molecule has 5 nitrogen and oxygen atoms in total. The molecule has 2 fully saturated rings. The molecule has 0 unspecified atom stereocenters. The van der Waals surface area contributed by atoms with E-state index >= 15 is 0 Å². The van der Waals surface area contributed by atoms with Crippen molar-refractivity contribution in [2.45, 2.75) is 32.2 Å². The van der Waals surface area contributed by atoms with E-state index in [0.717, 1.165) is 37.2 Å². The maximum Gasteiger partial charge on any atom is 0.238 e. The first-order valence-corrected chi connectivity index (χ1v) is 7.87. The fraction of sp³-hybridized carbons (Fsp3) is 0.529. The molecule has 2 aliphatic rings. The minimum absolute atomic E-state index is 0.0162. The number of methoxy groups -OCH3 is 1. The number of rotatable bonds is 5. The summed E-state index contributed by atoms with van der Waals surface area (Å²) in [6.07, 6.45) is 3.43. The van der Waals surface area contributed by atoms with Gasteiger partial charge < -0.3 is 15.0 Å². The Kier molecular flexibility index (Phi) is 4.05. The van der Waals surface area contributed by atoms with Gasteiger partial charge in [-0.25, -0.2) is 0 Å². The van der Waals surface area contributed by atoms with Gasteiger partial charge in [0.15, 0.2) is 0 Å². The topological polar surface area (TPSA) is 58.6 Å². The van der Waals surface area contributed by atoms with E-state index in [9.17, 15) is 9.59 Å². The summed E-state index contributed by atoms with van der Waals surface area (Å²) < 4.78 is 5.28. The lowest BCUT2D eigenvalue weighted by Crippen LogP contribution is -2.44. The molecule has 22 heavy (non-hydrogen) atoms. The third-order valence-electron chi connectivity index (χ3n) is 4.62. The fourth-order valence-corrected chi connectivity index (χ4v) is 3.08. The average molecular weight is 302 g/mol. The third-order valence-corrected chi connectivity index (χ3v) is 4.62. The SMILES string of the molecule is COc1ccccc1CNC(=O)C1(C(=O)N2CCCC2)CC1. The van der Waals surface area contributed by atoms with Gasteiger partial charge in [-0.05, 0) is 31.7 Å². The van der Waals surface area contributed by atoms with E-state index in [1.165, 1.54) is 0 Å². The van der Waals surface area contributed by atoms with Crippen LogP contribution in [0.3, 0.4) is 0 Å². The second-order valence-electron chi connectivity index (χ2n) is 6.08. The summed E-state index contributed by atoms with van der Waals surface area (Å²) in [6, 6.07) is 7.58. The summed E-state index contributed by atoms with van der Waals surface area (Å²) in [6.45, 7) is 1.97. The van der Waals surface area contributed by atoms with Crippen molar-refractivity contribution >= 4 is 11.8 Å². The highest BCUT2D eigenvalue weighted by Crippen LogP contribution is 2.48. The Morgan fingerprint density at radius 2 is 1.91 bits per heavy atom. The largest absolute Gasteiger partial charge is 0.496 e. The Balaban J connectivity index is 1.63. The van der Waals surface area contributed by atoms with Crippen LogP contribution in [0.25, 0.3) is 0 Å². The van der Waals surface area contributed by atoms with E-state index in [-0.39, 0.29) is 11.8 Å². The molecule has 1 N–H and O–H groups in total. The van der Waals surface area contributed by atoms with Crippen molar-refractivity contribution in [1.29, 1.82) is 0 Å². The van der Waals surface area contributed by atoms with Crippen LogP contribution in [0.5, 0.6) is 5.75 Å². The Bertz CT molecular complexity index is 575. The number of hydrogen-bond acceptors (Lipinski definition) is 3. The number of para-hydroxylation sites is 1. The predicted octanol–water partition coefficient (Wildman–Crippen LogP) is 1.71. The average Bonchev–Trinajstić information content (AvgIpc) is 3.19. The van der Waals surface area contributed by atoms with Crippen molar-refractivity contribution in [2.24, 2.45) is 5.41 Å². The van der Waals surface area contributed by atoms with Gasteiger partial charge in [-0.3, -0.25) is 9.59 Å². The Morgan fingerprint density at radius 3 is 2.55 bits per heavy atom. The van der Waals surface area contributed by atoms with Crippen molar-refractivity contribution in [1.82, 2.24) is 10.2 Å². The molecule has 1 aromatic rings. The molecule has 0 spiro atoms. The molecule has 1 saturated carbocycles. The number of nitrogens with one attached hydrogen (secondary N) is 1. The molecular formula is C17H22N2O3. The van der Waals surface area contributed by atoms with E-state index in [1.54, 1.807) is 7.11 Å². The first-order chi connectivity index (χ1) is 10.7. The second kappa shape index (κ2) is 5.99. The van der Waals surface area contributed by atoms with Crippen LogP contribution in [0.2, 0.25) is 0 Å². The zero-order valence-corrected chi connectivity index (χ0v) is 12.9. The maximum atomic E-state index is 12.5. The minimum atomic E-state index is -0.799. The number of benzene rings is 1. The number of likely N-dealkylation sites (tertiary alicyclic amines) is 1. The summed E-state index contributed by atoms with van der Waals surface area (Å²) in [7, 11) is 1.61. The number of hydrogen-bond donors (Lipinski definition) is 1. The van der Waals surface area contributed by atoms with E-state index in [0.29, 0.717) is 19.4 Å². The Morgan fingerprint density at radius 1 is 1.23 bits per heavy atom. The van der Waals surface area contributed by atoms with Gasteiger partial charge >= 0.3 is 0 Å². The lowest BCUT2D eigenvalue weighted by Gasteiger charge is -2.22. The zero-order valence-electron chi connectivity index (χ0n) is 12.9. The Hall–Kier alpha value is -2.04. The van der Waals surface area contributed by atoms with Crippen LogP contribution in [-0.4, -0.2) is 36.9 Å². The lowest BCUT2D eigenvalue weighted by atomic mass is 10.0. The number of ether oxygens (including phenoxy) is 1. The van der Waals surface area contributed by atoms with Crippen molar-refractivity contribution in [3.8, 4) is 5.75 Å². The normalized spacial score (nSPS) is 18.9. The van der Waals surface area contributed by atoms with Gasteiger partial charge in [-0.15, -0.1) is 0 Å². The van der Waals surface area contributed by atoms with Gasteiger partial charge in [0.05, 0.1) is 7.11 Å². The Labute approximate surface area is 130 Å². The van der Waals surface area contributed by atoms with Crippen molar-refractivity contribution in [2.75, 3.05) is 20.2 Å². The van der Waals surface area contributed by atoms with Gasteiger partial charge in [0.1, 0.15) is 11.2 Å². The van der Waals surface area contributed by atoms with Crippen LogP contribution in [0.1, 0.15) is 31.2 Å². The molecule has 1 aliphatic heterocycles. The quantitative estimate of drug-likeness (QED) is 0.843. The first-order valence-electron chi connectivity index (χ1n) is 7.87.